The van der Waals surface area contributed by atoms with E-state index in [1.54, 1.807) is 12.0 Å². The van der Waals surface area contributed by atoms with Gasteiger partial charge in [-0.15, -0.1) is 0 Å². The van der Waals surface area contributed by atoms with Gasteiger partial charge in [-0.1, -0.05) is 35.9 Å². The molecule has 1 aliphatic rings. The van der Waals surface area contributed by atoms with Crippen molar-refractivity contribution >= 4 is 23.2 Å². The van der Waals surface area contributed by atoms with Gasteiger partial charge in [-0.05, 0) is 24.3 Å². The van der Waals surface area contributed by atoms with Crippen LogP contribution in [0.5, 0.6) is 5.75 Å². The molecule has 3 aromatic rings. The zero-order chi connectivity index (χ0) is 21.8. The Balaban J connectivity index is 1.41. The monoisotopic (exact) mass is 438 g/mol. The molecule has 1 amide bonds. The van der Waals surface area contributed by atoms with E-state index < -0.39 is 0 Å². The summed E-state index contributed by atoms with van der Waals surface area (Å²) in [7, 11) is 1.57. The van der Waals surface area contributed by atoms with Gasteiger partial charge in [-0.3, -0.25) is 14.2 Å². The van der Waals surface area contributed by atoms with Crippen molar-refractivity contribution in [2.45, 2.75) is 6.54 Å². The van der Waals surface area contributed by atoms with Gasteiger partial charge in [0.2, 0.25) is 5.91 Å². The molecule has 0 atom stereocenters. The summed E-state index contributed by atoms with van der Waals surface area (Å²) in [5, 5.41) is 0.704. The molecular weight excluding hydrogens is 416 g/mol. The summed E-state index contributed by atoms with van der Waals surface area (Å²) in [4.78, 5) is 33.7. The van der Waals surface area contributed by atoms with Crippen molar-refractivity contribution in [3.63, 3.8) is 0 Å². The number of methoxy groups -OCH3 is 1. The van der Waals surface area contributed by atoms with E-state index in [0.717, 1.165) is 11.3 Å². The molecule has 31 heavy (non-hydrogen) atoms. The Labute approximate surface area is 185 Å². The third-order valence-electron chi connectivity index (χ3n) is 5.39. The Morgan fingerprint density at radius 3 is 2.48 bits per heavy atom. The quantitative estimate of drug-likeness (QED) is 0.612. The Morgan fingerprint density at radius 1 is 1.06 bits per heavy atom. The number of benzene rings is 2. The number of carbonyl (C=O) groups is 1. The average molecular weight is 439 g/mol. The molecule has 0 spiro atoms. The summed E-state index contributed by atoms with van der Waals surface area (Å²) in [6.07, 6.45) is 1.42. The lowest BCUT2D eigenvalue weighted by atomic mass is 10.1. The Kier molecular flexibility index (Phi) is 6.23. The minimum atomic E-state index is -0.279. The lowest BCUT2D eigenvalue weighted by molar-refractivity contribution is -0.132. The number of amides is 1. The summed E-state index contributed by atoms with van der Waals surface area (Å²) in [5.74, 6) is 0.535. The van der Waals surface area contributed by atoms with Crippen LogP contribution in [-0.2, 0) is 11.3 Å². The van der Waals surface area contributed by atoms with Crippen LogP contribution in [0.4, 0.5) is 5.69 Å². The highest BCUT2D eigenvalue weighted by molar-refractivity contribution is 6.33. The Hall–Kier alpha value is -3.32. The van der Waals surface area contributed by atoms with Crippen molar-refractivity contribution in [1.29, 1.82) is 0 Å². The van der Waals surface area contributed by atoms with Crippen LogP contribution < -0.4 is 15.2 Å². The summed E-state index contributed by atoms with van der Waals surface area (Å²) >= 11 is 6.28. The smallest absolute Gasteiger partial charge is 0.254 e. The molecule has 1 saturated heterocycles. The van der Waals surface area contributed by atoms with Gasteiger partial charge in [0.1, 0.15) is 12.3 Å². The fraction of sp³-hybridized carbons (Fsp3) is 0.261. The number of hydrogen-bond acceptors (Lipinski definition) is 5. The van der Waals surface area contributed by atoms with Gasteiger partial charge < -0.3 is 14.5 Å². The molecule has 7 nitrogen and oxygen atoms in total. The van der Waals surface area contributed by atoms with E-state index in [4.69, 9.17) is 16.3 Å². The number of hydrogen-bond donors (Lipinski definition) is 0. The van der Waals surface area contributed by atoms with Crippen LogP contribution in [0, 0.1) is 0 Å². The first-order valence-corrected chi connectivity index (χ1v) is 10.4. The molecule has 0 aliphatic carbocycles. The number of rotatable bonds is 5. The van der Waals surface area contributed by atoms with E-state index in [0.29, 0.717) is 42.6 Å². The van der Waals surface area contributed by atoms with E-state index >= 15 is 0 Å². The summed E-state index contributed by atoms with van der Waals surface area (Å²) in [5.41, 5.74) is 1.94. The summed E-state index contributed by atoms with van der Waals surface area (Å²) in [6.45, 7) is 2.49. The van der Waals surface area contributed by atoms with Gasteiger partial charge in [0, 0.05) is 37.8 Å². The lowest BCUT2D eigenvalue weighted by Crippen LogP contribution is -2.50. The van der Waals surface area contributed by atoms with E-state index in [9.17, 15) is 9.59 Å². The molecule has 0 radical (unpaired) electrons. The second-order valence-corrected chi connectivity index (χ2v) is 7.67. The molecule has 4 rings (SSSR count). The number of halogens is 1. The molecule has 0 bridgehead atoms. The van der Waals surface area contributed by atoms with Crippen LogP contribution in [0.2, 0.25) is 5.02 Å². The van der Waals surface area contributed by atoms with Gasteiger partial charge in [-0.2, -0.15) is 0 Å². The minimum absolute atomic E-state index is 0.0376. The van der Waals surface area contributed by atoms with Gasteiger partial charge in [0.15, 0.2) is 0 Å². The zero-order valence-electron chi connectivity index (χ0n) is 17.2. The first-order chi connectivity index (χ1) is 15.1. The average Bonchev–Trinajstić information content (AvgIpc) is 2.81. The molecule has 1 aliphatic heterocycles. The minimum Gasteiger partial charge on any atom is -0.496 e. The summed E-state index contributed by atoms with van der Waals surface area (Å²) in [6, 6.07) is 16.5. The maximum Gasteiger partial charge on any atom is 0.254 e. The van der Waals surface area contributed by atoms with Crippen molar-refractivity contribution in [3.8, 4) is 17.0 Å². The van der Waals surface area contributed by atoms with Gasteiger partial charge in [0.05, 0.1) is 29.8 Å². The van der Waals surface area contributed by atoms with Crippen LogP contribution in [0.25, 0.3) is 11.3 Å². The van der Waals surface area contributed by atoms with Crippen molar-refractivity contribution in [1.82, 2.24) is 14.5 Å². The first kappa shape index (κ1) is 20.9. The molecule has 0 unspecified atom stereocenters. The molecule has 0 N–H and O–H groups in total. The van der Waals surface area contributed by atoms with Gasteiger partial charge in [-0.25, -0.2) is 4.98 Å². The van der Waals surface area contributed by atoms with Crippen LogP contribution in [-0.4, -0.2) is 53.6 Å². The van der Waals surface area contributed by atoms with Crippen LogP contribution in [0.15, 0.2) is 65.7 Å². The lowest BCUT2D eigenvalue weighted by Gasteiger charge is -2.36. The number of anilines is 1. The van der Waals surface area contributed by atoms with Crippen molar-refractivity contribution in [2.24, 2.45) is 0 Å². The molecule has 1 aromatic heterocycles. The normalized spacial score (nSPS) is 13.9. The number of aromatic nitrogens is 2. The number of carbonyl (C=O) groups excluding carboxylic acids is 1. The van der Waals surface area contributed by atoms with Crippen LogP contribution in [0.1, 0.15) is 0 Å². The van der Waals surface area contributed by atoms with Crippen LogP contribution in [0.3, 0.4) is 0 Å². The van der Waals surface area contributed by atoms with Crippen molar-refractivity contribution < 1.29 is 9.53 Å². The molecule has 2 heterocycles. The molecule has 0 saturated carbocycles. The van der Waals surface area contributed by atoms with Crippen molar-refractivity contribution in [2.75, 3.05) is 38.2 Å². The third kappa shape index (κ3) is 4.56. The van der Waals surface area contributed by atoms with Gasteiger partial charge in [0.25, 0.3) is 5.56 Å². The Bertz CT molecular complexity index is 1140. The second kappa shape index (κ2) is 9.22. The molecule has 8 heteroatoms. The van der Waals surface area contributed by atoms with Crippen molar-refractivity contribution in [3.05, 3.63) is 76.3 Å². The predicted octanol–water partition coefficient (Wildman–Crippen LogP) is 2.92. The van der Waals surface area contributed by atoms with Gasteiger partial charge >= 0.3 is 0 Å². The fourth-order valence-corrected chi connectivity index (χ4v) is 3.95. The number of ether oxygens (including phenoxy) is 1. The third-order valence-corrected chi connectivity index (χ3v) is 5.71. The predicted molar refractivity (Wildman–Crippen MR) is 121 cm³/mol. The standard InChI is InChI=1S/C23H23ClN4O3/c1-31-21-9-5-2-6-17(21)19-14-22(29)28(16-25-19)15-23(30)27-12-10-26(11-13-27)20-8-4-3-7-18(20)24/h2-9,14,16H,10-13,15H2,1H3. The Morgan fingerprint density at radius 2 is 1.77 bits per heavy atom. The maximum atomic E-state index is 12.8. The highest BCUT2D eigenvalue weighted by atomic mass is 35.5. The highest BCUT2D eigenvalue weighted by Gasteiger charge is 2.23. The highest BCUT2D eigenvalue weighted by Crippen LogP contribution is 2.27. The number of para-hydroxylation sites is 2. The second-order valence-electron chi connectivity index (χ2n) is 7.26. The van der Waals surface area contributed by atoms with E-state index in [1.165, 1.54) is 17.0 Å². The number of nitrogens with zero attached hydrogens (tertiary/aromatic N) is 4. The first-order valence-electron chi connectivity index (χ1n) is 10.0. The zero-order valence-corrected chi connectivity index (χ0v) is 18.0. The molecular formula is C23H23ClN4O3. The number of piperazine rings is 1. The van der Waals surface area contributed by atoms with E-state index in [1.807, 2.05) is 48.5 Å². The van der Waals surface area contributed by atoms with Crippen LogP contribution >= 0.6 is 11.6 Å². The topological polar surface area (TPSA) is 67.7 Å². The molecule has 1 fully saturated rings. The van der Waals surface area contributed by atoms with E-state index in [-0.39, 0.29) is 18.0 Å². The van der Waals surface area contributed by atoms with E-state index in [2.05, 4.69) is 9.88 Å². The largest absolute Gasteiger partial charge is 0.496 e. The summed E-state index contributed by atoms with van der Waals surface area (Å²) < 4.78 is 6.67. The fourth-order valence-electron chi connectivity index (χ4n) is 3.70. The maximum absolute atomic E-state index is 12.8. The molecule has 2 aromatic carbocycles. The molecule has 160 valence electrons. The SMILES string of the molecule is COc1ccccc1-c1cc(=O)n(CC(=O)N2CCN(c3ccccc3Cl)CC2)cn1.